The maximum Gasteiger partial charge on any atom is 0.238 e. The van der Waals surface area contributed by atoms with Crippen molar-refractivity contribution in [1.29, 1.82) is 0 Å². The Morgan fingerprint density at radius 2 is 0.821 bits per heavy atom. The number of fused-ring (bicyclic) bond motifs is 8. The fraction of sp³-hybridized carbons (Fsp3) is 0.227. The van der Waals surface area contributed by atoms with Crippen LogP contribution >= 0.6 is 0 Å². The molecule has 12 heteroatoms. The number of azo groups is 1. The van der Waals surface area contributed by atoms with Crippen LogP contribution in [-0.4, -0.2) is 44.6 Å². The fourth-order valence-electron chi connectivity index (χ4n) is 9.63. The van der Waals surface area contributed by atoms with Gasteiger partial charge < -0.3 is 0 Å². The van der Waals surface area contributed by atoms with E-state index in [-0.39, 0.29) is 35.4 Å². The lowest BCUT2D eigenvalue weighted by Crippen LogP contribution is -2.31. The summed E-state index contributed by atoms with van der Waals surface area (Å²) in [6.45, 7) is 3.02. The minimum atomic E-state index is -0.554. The molecule has 276 valence electrons. The summed E-state index contributed by atoms with van der Waals surface area (Å²) in [6.07, 6.45) is 1.41. The van der Waals surface area contributed by atoms with Crippen LogP contribution in [0.2, 0.25) is 0 Å². The summed E-state index contributed by atoms with van der Waals surface area (Å²) in [7, 11) is 0. The van der Waals surface area contributed by atoms with E-state index in [9.17, 15) is 28.8 Å². The van der Waals surface area contributed by atoms with Crippen molar-refractivity contribution < 1.29 is 28.8 Å². The highest BCUT2D eigenvalue weighted by atomic mass is 16.2. The Labute approximate surface area is 320 Å². The normalized spacial score (nSPS) is 21.6. The molecule has 2 aliphatic heterocycles. The van der Waals surface area contributed by atoms with Crippen LogP contribution in [0.25, 0.3) is 21.8 Å². The van der Waals surface area contributed by atoms with E-state index in [1.54, 1.807) is 57.7 Å². The lowest BCUT2D eigenvalue weighted by molar-refractivity contribution is -0.124. The Hall–Kier alpha value is -6.82. The first kappa shape index (κ1) is 33.7. The second kappa shape index (κ2) is 12.4. The SMILES string of the molecule is CC(=O)n1c2c(c3ccccc31)CC1C(=O)N(c3ccc(N=Nc4ccc(N5C(=O)C6Cc7c(n(C(C)=O)c8ccccc78)CC6C5=O)cc4)cc3)C(=O)C1C2. The highest BCUT2D eigenvalue weighted by molar-refractivity contribution is 6.23. The predicted octanol–water partition coefficient (Wildman–Crippen LogP) is 7.14. The zero-order chi connectivity index (χ0) is 38.6. The number of hydrogen-bond donors (Lipinski definition) is 0. The third-order valence-corrected chi connectivity index (χ3v) is 12.1. The highest BCUT2D eigenvalue weighted by Gasteiger charge is 2.52. The smallest absolute Gasteiger partial charge is 0.238 e. The van der Waals surface area contributed by atoms with Gasteiger partial charge in [-0.1, -0.05) is 36.4 Å². The van der Waals surface area contributed by atoms with Gasteiger partial charge in [0.15, 0.2) is 0 Å². The summed E-state index contributed by atoms with van der Waals surface area (Å²) in [5, 5.41) is 10.5. The number of carbonyl (C=O) groups excluding carboxylic acids is 6. The van der Waals surface area contributed by atoms with Gasteiger partial charge in [-0.05, 0) is 84.6 Å². The van der Waals surface area contributed by atoms with Gasteiger partial charge in [0.1, 0.15) is 0 Å². The van der Waals surface area contributed by atoms with Gasteiger partial charge >= 0.3 is 0 Å². The molecule has 2 aromatic heterocycles. The maximum atomic E-state index is 13.7. The molecular weight excluding hydrogens is 709 g/mol. The Morgan fingerprint density at radius 1 is 0.482 bits per heavy atom. The minimum absolute atomic E-state index is 0.124. The number of imide groups is 2. The molecule has 0 bridgehead atoms. The lowest BCUT2D eigenvalue weighted by atomic mass is 9.79. The summed E-state index contributed by atoms with van der Waals surface area (Å²) in [5.74, 6) is -3.44. The van der Waals surface area contributed by atoms with Crippen LogP contribution in [0.1, 0.15) is 46.0 Å². The Kier molecular flexibility index (Phi) is 7.44. The summed E-state index contributed by atoms with van der Waals surface area (Å²) >= 11 is 0. The van der Waals surface area contributed by atoms with Crippen molar-refractivity contribution in [2.45, 2.75) is 39.5 Å². The van der Waals surface area contributed by atoms with Crippen molar-refractivity contribution in [2.24, 2.45) is 33.9 Å². The summed E-state index contributed by atoms with van der Waals surface area (Å²) in [5.41, 5.74) is 7.00. The second-order valence-corrected chi connectivity index (χ2v) is 15.1. The zero-order valence-corrected chi connectivity index (χ0v) is 30.5. The minimum Gasteiger partial charge on any atom is -0.284 e. The third kappa shape index (κ3) is 4.84. The third-order valence-electron chi connectivity index (χ3n) is 12.1. The van der Waals surface area contributed by atoms with Gasteiger partial charge in [-0.2, -0.15) is 10.2 Å². The summed E-state index contributed by atoms with van der Waals surface area (Å²) in [6, 6.07) is 28.7. The molecule has 4 amide bonds. The molecule has 4 aliphatic rings. The van der Waals surface area contributed by atoms with E-state index in [0.717, 1.165) is 44.3 Å². The van der Waals surface area contributed by atoms with E-state index in [4.69, 9.17) is 0 Å². The average molecular weight is 743 g/mol. The van der Waals surface area contributed by atoms with Crippen molar-refractivity contribution >= 4 is 80.0 Å². The van der Waals surface area contributed by atoms with E-state index in [1.165, 1.54) is 23.6 Å². The van der Waals surface area contributed by atoms with E-state index >= 15 is 0 Å². The molecule has 12 nitrogen and oxygen atoms in total. The molecule has 0 saturated carbocycles. The number of carbonyl (C=O) groups is 6. The Morgan fingerprint density at radius 3 is 1.18 bits per heavy atom. The van der Waals surface area contributed by atoms with Crippen molar-refractivity contribution in [1.82, 2.24) is 9.13 Å². The average Bonchev–Trinajstić information content (AvgIpc) is 3.87. The van der Waals surface area contributed by atoms with Crippen molar-refractivity contribution in [3.63, 3.8) is 0 Å². The quantitative estimate of drug-likeness (QED) is 0.139. The second-order valence-electron chi connectivity index (χ2n) is 15.1. The topological polar surface area (TPSA) is 143 Å². The fourth-order valence-corrected chi connectivity index (χ4v) is 9.63. The van der Waals surface area contributed by atoms with Crippen LogP contribution in [0, 0.1) is 23.7 Å². The Bertz CT molecular complexity index is 2590. The van der Waals surface area contributed by atoms with Crippen molar-refractivity contribution in [3.8, 4) is 0 Å². The van der Waals surface area contributed by atoms with E-state index in [1.807, 2.05) is 48.5 Å². The number of anilines is 2. The first-order chi connectivity index (χ1) is 27.1. The van der Waals surface area contributed by atoms with Crippen molar-refractivity contribution in [3.05, 3.63) is 120 Å². The molecular formula is C44H34N6O6. The van der Waals surface area contributed by atoms with E-state index in [0.29, 0.717) is 48.4 Å². The van der Waals surface area contributed by atoms with Gasteiger partial charge in [-0.25, -0.2) is 0 Å². The number of nitrogens with zero attached hydrogens (tertiary/aromatic N) is 6. The van der Waals surface area contributed by atoms with Crippen LogP contribution < -0.4 is 9.80 Å². The summed E-state index contributed by atoms with van der Waals surface area (Å²) < 4.78 is 3.36. The zero-order valence-electron chi connectivity index (χ0n) is 30.5. The molecule has 0 spiro atoms. The van der Waals surface area contributed by atoms with Crippen LogP contribution in [0.15, 0.2) is 107 Å². The van der Waals surface area contributed by atoms with E-state index in [2.05, 4.69) is 10.2 Å². The summed E-state index contributed by atoms with van der Waals surface area (Å²) in [4.78, 5) is 82.7. The first-order valence-electron chi connectivity index (χ1n) is 18.7. The lowest BCUT2D eigenvalue weighted by Gasteiger charge is -2.23. The molecule has 0 radical (unpaired) electrons. The molecule has 2 saturated heterocycles. The number of aromatic nitrogens is 2. The van der Waals surface area contributed by atoms with Gasteiger partial charge in [0, 0.05) is 48.8 Å². The van der Waals surface area contributed by atoms with Crippen LogP contribution in [0.3, 0.4) is 0 Å². The number of hydrogen-bond acceptors (Lipinski definition) is 8. The van der Waals surface area contributed by atoms with Gasteiger partial charge in [-0.3, -0.25) is 47.7 Å². The molecule has 4 heterocycles. The molecule has 6 aromatic rings. The van der Waals surface area contributed by atoms with Crippen LogP contribution in [0.5, 0.6) is 0 Å². The molecule has 10 rings (SSSR count). The predicted molar refractivity (Wildman–Crippen MR) is 207 cm³/mol. The van der Waals surface area contributed by atoms with Crippen molar-refractivity contribution in [2.75, 3.05) is 9.80 Å². The van der Waals surface area contributed by atoms with Gasteiger partial charge in [-0.15, -0.1) is 0 Å². The molecule has 0 N–H and O–H groups in total. The van der Waals surface area contributed by atoms with Crippen LogP contribution in [-0.2, 0) is 44.9 Å². The molecule has 56 heavy (non-hydrogen) atoms. The van der Waals surface area contributed by atoms with Crippen LogP contribution in [0.4, 0.5) is 22.7 Å². The standard InChI is InChI=1S/C44H34N6O6/c1-23(51)47-37-9-5-3-7-29(37)31-19-33-35(21-39(31)47)43(55)49(41(33)53)27-15-11-25(12-16-27)45-46-26-13-17-28(18-14-26)50-42(54)34-20-32-30-8-4-6-10-38(30)48(24(2)52)40(32)22-36(34)44(50)56/h3-18,33-36H,19-22H2,1-2H3. The number of rotatable bonds is 4. The first-order valence-corrected chi connectivity index (χ1v) is 18.7. The molecule has 4 unspecified atom stereocenters. The Balaban J connectivity index is 0.834. The van der Waals surface area contributed by atoms with Gasteiger partial charge in [0.05, 0.1) is 57.5 Å². The molecule has 4 atom stereocenters. The van der Waals surface area contributed by atoms with Gasteiger partial charge in [0.2, 0.25) is 35.4 Å². The maximum absolute atomic E-state index is 13.7. The van der Waals surface area contributed by atoms with Gasteiger partial charge in [0.25, 0.3) is 0 Å². The molecule has 2 aliphatic carbocycles. The molecule has 2 fully saturated rings. The largest absolute Gasteiger partial charge is 0.284 e. The number of amides is 4. The number of benzene rings is 4. The van der Waals surface area contributed by atoms with E-state index < -0.39 is 23.7 Å². The molecule has 4 aromatic carbocycles. The highest BCUT2D eigenvalue weighted by Crippen LogP contribution is 2.45. The number of para-hydroxylation sites is 2. The monoisotopic (exact) mass is 742 g/mol.